The summed E-state index contributed by atoms with van der Waals surface area (Å²) in [5.41, 5.74) is 2.66. The van der Waals surface area contributed by atoms with Crippen LogP contribution < -0.4 is 5.32 Å². The molecule has 0 saturated carbocycles. The van der Waals surface area contributed by atoms with E-state index < -0.39 is 15.1 Å². The van der Waals surface area contributed by atoms with Crippen LogP contribution in [0.1, 0.15) is 48.2 Å². The van der Waals surface area contributed by atoms with E-state index in [0.29, 0.717) is 23.5 Å². The third-order valence-electron chi connectivity index (χ3n) is 4.10. The summed E-state index contributed by atoms with van der Waals surface area (Å²) in [7, 11) is -3.39. The second-order valence-electron chi connectivity index (χ2n) is 5.72. The fourth-order valence-corrected chi connectivity index (χ4v) is 5.45. The van der Waals surface area contributed by atoms with E-state index in [0.717, 1.165) is 22.5 Å². The molecule has 7 heteroatoms. The predicted molar refractivity (Wildman–Crippen MR) is 97.5 cm³/mol. The largest absolute Gasteiger partial charge is 0.298 e. The zero-order valence-electron chi connectivity index (χ0n) is 14.3. The molecule has 0 spiro atoms. The molecule has 5 nitrogen and oxygen atoms in total. The van der Waals surface area contributed by atoms with Crippen LogP contribution in [0.5, 0.6) is 0 Å². The molecular weight excluding hydrogens is 344 g/mol. The van der Waals surface area contributed by atoms with E-state index in [1.165, 1.54) is 6.20 Å². The molecule has 1 N–H and O–H groups in total. The number of hydrogen-bond donors (Lipinski definition) is 1. The average Bonchev–Trinajstić information content (AvgIpc) is 3.00. The molecule has 0 fully saturated rings. The Balaban J connectivity index is 2.19. The van der Waals surface area contributed by atoms with E-state index >= 15 is 0 Å². The molecule has 0 aliphatic heterocycles. The van der Waals surface area contributed by atoms with Gasteiger partial charge in [-0.3, -0.25) is 10.1 Å². The van der Waals surface area contributed by atoms with Crippen molar-refractivity contribution in [3.05, 3.63) is 41.1 Å². The minimum Gasteiger partial charge on any atom is -0.298 e. The number of sulfone groups is 1. The number of nitrogens with one attached hydrogen (secondary N) is 1. The summed E-state index contributed by atoms with van der Waals surface area (Å²) in [4.78, 5) is 16.3. The van der Waals surface area contributed by atoms with Crippen LogP contribution in [0, 0.1) is 13.8 Å². The SMILES string of the molecule is CCC(CC)S(=O)(=O)c1cnc(NC(=O)c2ccc(C)c(C)c2)s1. The van der Waals surface area contributed by atoms with E-state index in [1.54, 1.807) is 12.1 Å². The molecule has 0 saturated heterocycles. The van der Waals surface area contributed by atoms with E-state index in [4.69, 9.17) is 0 Å². The molecule has 0 aliphatic rings. The Labute approximate surface area is 147 Å². The molecule has 24 heavy (non-hydrogen) atoms. The molecule has 1 aromatic heterocycles. The Hall–Kier alpha value is -1.73. The summed E-state index contributed by atoms with van der Waals surface area (Å²) in [6.45, 7) is 7.63. The van der Waals surface area contributed by atoms with Gasteiger partial charge in [0.05, 0.1) is 11.4 Å². The summed E-state index contributed by atoms with van der Waals surface area (Å²) in [5.74, 6) is -0.293. The number of anilines is 1. The van der Waals surface area contributed by atoms with Gasteiger partial charge in [0.1, 0.15) is 4.21 Å². The van der Waals surface area contributed by atoms with Gasteiger partial charge in [0.2, 0.25) is 0 Å². The highest BCUT2D eigenvalue weighted by Gasteiger charge is 2.27. The molecule has 0 radical (unpaired) electrons. The molecule has 2 aromatic rings. The maximum atomic E-state index is 12.5. The van der Waals surface area contributed by atoms with E-state index in [1.807, 2.05) is 33.8 Å². The van der Waals surface area contributed by atoms with Gasteiger partial charge in [0.25, 0.3) is 5.91 Å². The maximum Gasteiger partial charge on any atom is 0.257 e. The maximum absolute atomic E-state index is 12.5. The van der Waals surface area contributed by atoms with Crippen LogP contribution in [-0.4, -0.2) is 24.6 Å². The molecular formula is C17H22N2O3S2. The molecule has 0 bridgehead atoms. The van der Waals surface area contributed by atoms with Crippen LogP contribution in [0.3, 0.4) is 0 Å². The van der Waals surface area contributed by atoms with Crippen LogP contribution in [0.25, 0.3) is 0 Å². The van der Waals surface area contributed by atoms with Gasteiger partial charge >= 0.3 is 0 Å². The first-order valence-corrected chi connectivity index (χ1v) is 10.2. The van der Waals surface area contributed by atoms with Crippen LogP contribution in [0.2, 0.25) is 0 Å². The Morgan fingerprint density at radius 3 is 2.46 bits per heavy atom. The van der Waals surface area contributed by atoms with Gasteiger partial charge in [0, 0.05) is 5.56 Å². The highest BCUT2D eigenvalue weighted by Crippen LogP contribution is 2.28. The summed E-state index contributed by atoms with van der Waals surface area (Å²) < 4.78 is 25.2. The molecule has 2 rings (SSSR count). The third-order valence-corrected chi connectivity index (χ3v) is 7.97. The summed E-state index contributed by atoms with van der Waals surface area (Å²) in [6.07, 6.45) is 2.44. The highest BCUT2D eigenvalue weighted by atomic mass is 32.2. The van der Waals surface area contributed by atoms with Crippen LogP contribution in [0.15, 0.2) is 28.6 Å². The fraction of sp³-hybridized carbons (Fsp3) is 0.412. The number of benzene rings is 1. The third kappa shape index (κ3) is 3.84. The van der Waals surface area contributed by atoms with Crippen LogP contribution >= 0.6 is 11.3 Å². The second-order valence-corrected chi connectivity index (χ2v) is 9.21. The minimum atomic E-state index is -3.39. The van der Waals surface area contributed by atoms with Crippen molar-refractivity contribution in [2.24, 2.45) is 0 Å². The topological polar surface area (TPSA) is 76.1 Å². The lowest BCUT2D eigenvalue weighted by molar-refractivity contribution is 0.102. The zero-order chi connectivity index (χ0) is 17.9. The number of carbonyl (C=O) groups is 1. The lowest BCUT2D eigenvalue weighted by atomic mass is 10.1. The van der Waals surface area contributed by atoms with Crippen molar-refractivity contribution in [2.75, 3.05) is 5.32 Å². The normalized spacial score (nSPS) is 11.7. The predicted octanol–water partition coefficient (Wildman–Crippen LogP) is 3.97. The fourth-order valence-electron chi connectivity index (χ4n) is 2.39. The van der Waals surface area contributed by atoms with Crippen molar-refractivity contribution in [3.63, 3.8) is 0 Å². The number of carbonyl (C=O) groups excluding carboxylic acids is 1. The van der Waals surface area contributed by atoms with E-state index in [9.17, 15) is 13.2 Å². The number of amides is 1. The van der Waals surface area contributed by atoms with Crippen LogP contribution in [0.4, 0.5) is 5.13 Å². The number of thiazole rings is 1. The smallest absolute Gasteiger partial charge is 0.257 e. The first-order valence-electron chi connectivity index (χ1n) is 7.87. The molecule has 1 heterocycles. The van der Waals surface area contributed by atoms with Crippen molar-refractivity contribution in [2.45, 2.75) is 50.0 Å². The quantitative estimate of drug-likeness (QED) is 0.839. The number of hydrogen-bond acceptors (Lipinski definition) is 5. The molecule has 0 aliphatic carbocycles. The van der Waals surface area contributed by atoms with Gasteiger partial charge in [-0.1, -0.05) is 31.3 Å². The average molecular weight is 367 g/mol. The molecule has 130 valence electrons. The van der Waals surface area contributed by atoms with Crippen LogP contribution in [-0.2, 0) is 9.84 Å². The molecule has 0 atom stereocenters. The lowest BCUT2D eigenvalue weighted by Gasteiger charge is -2.11. The Morgan fingerprint density at radius 1 is 1.21 bits per heavy atom. The second kappa shape index (κ2) is 7.44. The van der Waals surface area contributed by atoms with Crippen molar-refractivity contribution in [1.29, 1.82) is 0 Å². The number of rotatable bonds is 6. The van der Waals surface area contributed by atoms with Gasteiger partial charge in [-0.2, -0.15) is 0 Å². The van der Waals surface area contributed by atoms with Gasteiger partial charge < -0.3 is 0 Å². The Kier molecular flexibility index (Phi) is 5.77. The lowest BCUT2D eigenvalue weighted by Crippen LogP contribution is -2.18. The van der Waals surface area contributed by atoms with E-state index in [2.05, 4.69) is 10.3 Å². The molecule has 1 amide bonds. The van der Waals surface area contributed by atoms with Gasteiger partial charge in [-0.05, 0) is 49.9 Å². The van der Waals surface area contributed by atoms with Crippen molar-refractivity contribution in [1.82, 2.24) is 4.98 Å². The van der Waals surface area contributed by atoms with Crippen molar-refractivity contribution in [3.8, 4) is 0 Å². The standard InChI is InChI=1S/C17H22N2O3S2/c1-5-14(6-2)24(21,22)15-10-18-17(23-15)19-16(20)13-8-7-11(3)12(4)9-13/h7-10,14H,5-6H2,1-4H3,(H,18,19,20). The summed E-state index contributed by atoms with van der Waals surface area (Å²) in [6, 6.07) is 5.43. The van der Waals surface area contributed by atoms with Crippen molar-refractivity contribution >= 4 is 32.2 Å². The number of aryl methyl sites for hydroxylation is 2. The Bertz CT molecular complexity index is 837. The molecule has 0 unspecified atom stereocenters. The molecule has 1 aromatic carbocycles. The number of aromatic nitrogens is 1. The van der Waals surface area contributed by atoms with Gasteiger partial charge in [-0.25, -0.2) is 13.4 Å². The highest BCUT2D eigenvalue weighted by molar-refractivity contribution is 7.94. The van der Waals surface area contributed by atoms with Crippen molar-refractivity contribution < 1.29 is 13.2 Å². The van der Waals surface area contributed by atoms with E-state index in [-0.39, 0.29) is 10.1 Å². The Morgan fingerprint density at radius 2 is 1.88 bits per heavy atom. The summed E-state index contributed by atoms with van der Waals surface area (Å²) >= 11 is 0.998. The summed E-state index contributed by atoms with van der Waals surface area (Å²) in [5, 5.41) is 2.56. The zero-order valence-corrected chi connectivity index (χ0v) is 15.9. The van der Waals surface area contributed by atoms with Gasteiger partial charge in [-0.15, -0.1) is 0 Å². The minimum absolute atomic E-state index is 0.201. The number of nitrogens with zero attached hydrogens (tertiary/aromatic N) is 1. The first kappa shape index (κ1) is 18.6. The van der Waals surface area contributed by atoms with Gasteiger partial charge in [0.15, 0.2) is 15.0 Å². The first-order chi connectivity index (χ1) is 11.3. The monoisotopic (exact) mass is 366 g/mol.